The zero-order valence-electron chi connectivity index (χ0n) is 18.0. The van der Waals surface area contributed by atoms with Crippen LogP contribution in [0.1, 0.15) is 129 Å². The molecule has 0 heterocycles. The van der Waals surface area contributed by atoms with Crippen LogP contribution in [0.5, 0.6) is 0 Å². The minimum absolute atomic E-state index is 0.216. The zero-order valence-corrected chi connectivity index (χ0v) is 18.8. The van der Waals surface area contributed by atoms with Crippen LogP contribution < -0.4 is 0 Å². The lowest BCUT2D eigenvalue weighted by Gasteiger charge is -2.14. The Bertz CT molecular complexity index is 409. The normalized spacial score (nSPS) is 14.4. The Labute approximate surface area is 169 Å². The quantitative estimate of drug-likeness (QED) is 0.175. The monoisotopic (exact) mass is 406 g/mol. The number of aliphatic hydroxyl groups excluding tert-OH is 1. The highest BCUT2D eigenvalue weighted by Crippen LogP contribution is 2.19. The maximum absolute atomic E-state index is 11.6. The van der Waals surface area contributed by atoms with Crippen molar-refractivity contribution >= 4 is 10.1 Å². The molecular formula is C22H46O4S. The van der Waals surface area contributed by atoms with Gasteiger partial charge in [0.25, 0.3) is 10.1 Å². The minimum Gasteiger partial charge on any atom is -0.393 e. The van der Waals surface area contributed by atoms with Crippen LogP contribution in [0.4, 0.5) is 0 Å². The first-order chi connectivity index (χ1) is 12.9. The first-order valence-corrected chi connectivity index (χ1v) is 13.1. The number of rotatable bonds is 20. The third kappa shape index (κ3) is 17.7. The van der Waals surface area contributed by atoms with Gasteiger partial charge in [-0.15, -0.1) is 0 Å². The van der Waals surface area contributed by atoms with Gasteiger partial charge in [-0.05, 0) is 25.7 Å². The molecule has 0 aromatic heterocycles. The Kier molecular flexibility index (Phi) is 17.8. The van der Waals surface area contributed by atoms with Crippen molar-refractivity contribution in [1.82, 2.24) is 0 Å². The predicted molar refractivity (Wildman–Crippen MR) is 116 cm³/mol. The van der Waals surface area contributed by atoms with Crippen molar-refractivity contribution in [3.63, 3.8) is 0 Å². The van der Waals surface area contributed by atoms with Crippen LogP contribution >= 0.6 is 0 Å². The molecule has 2 unspecified atom stereocenters. The van der Waals surface area contributed by atoms with E-state index in [2.05, 4.69) is 13.8 Å². The molecule has 0 saturated heterocycles. The summed E-state index contributed by atoms with van der Waals surface area (Å²) in [6.07, 6.45) is 18.1. The highest BCUT2D eigenvalue weighted by molar-refractivity contribution is 7.86. The van der Waals surface area contributed by atoms with Crippen molar-refractivity contribution in [3.8, 4) is 0 Å². The summed E-state index contributed by atoms with van der Waals surface area (Å²) in [6, 6.07) is 0. The van der Waals surface area contributed by atoms with Crippen molar-refractivity contribution in [2.45, 2.75) is 141 Å². The van der Waals surface area contributed by atoms with Gasteiger partial charge in [0.05, 0.1) is 11.4 Å². The van der Waals surface area contributed by atoms with E-state index >= 15 is 0 Å². The standard InChI is InChI=1S/C22H46O4S/c1-3-5-7-9-11-15-19-22(27(24,25)26)20-16-12-14-18-21(23)17-13-10-8-6-4-2/h21-23H,3-20H2,1-2H3,(H,24,25,26). The van der Waals surface area contributed by atoms with Gasteiger partial charge in [0.2, 0.25) is 0 Å². The van der Waals surface area contributed by atoms with E-state index in [1.54, 1.807) is 0 Å². The summed E-state index contributed by atoms with van der Waals surface area (Å²) in [7, 11) is -3.93. The molecule has 0 radical (unpaired) electrons. The molecule has 0 fully saturated rings. The van der Waals surface area contributed by atoms with Crippen molar-refractivity contribution in [1.29, 1.82) is 0 Å². The molecule has 0 aromatic rings. The average Bonchev–Trinajstić information content (AvgIpc) is 2.61. The first-order valence-electron chi connectivity index (χ1n) is 11.6. The van der Waals surface area contributed by atoms with Gasteiger partial charge in [-0.1, -0.05) is 104 Å². The number of unbranched alkanes of at least 4 members (excludes halogenated alkanes) is 11. The van der Waals surface area contributed by atoms with E-state index in [0.29, 0.717) is 12.8 Å². The Hall–Kier alpha value is -0.130. The topological polar surface area (TPSA) is 74.6 Å². The third-order valence-corrected chi connectivity index (χ3v) is 6.82. The van der Waals surface area contributed by atoms with Gasteiger partial charge in [0.1, 0.15) is 0 Å². The second-order valence-electron chi connectivity index (χ2n) is 8.19. The Morgan fingerprint density at radius 3 is 1.33 bits per heavy atom. The second kappa shape index (κ2) is 17.9. The smallest absolute Gasteiger partial charge is 0.267 e. The maximum atomic E-state index is 11.6. The summed E-state index contributed by atoms with van der Waals surface area (Å²) in [5, 5.41) is 9.41. The Morgan fingerprint density at radius 2 is 0.926 bits per heavy atom. The predicted octanol–water partition coefficient (Wildman–Crippen LogP) is 6.67. The molecule has 2 N–H and O–H groups in total. The van der Waals surface area contributed by atoms with E-state index in [0.717, 1.165) is 57.8 Å². The molecule has 164 valence electrons. The second-order valence-corrected chi connectivity index (χ2v) is 9.88. The van der Waals surface area contributed by atoms with Crippen LogP contribution in [0.15, 0.2) is 0 Å². The van der Waals surface area contributed by atoms with Crippen LogP contribution in [0.25, 0.3) is 0 Å². The van der Waals surface area contributed by atoms with Crippen molar-refractivity contribution in [3.05, 3.63) is 0 Å². The summed E-state index contributed by atoms with van der Waals surface area (Å²) in [5.74, 6) is 0. The van der Waals surface area contributed by atoms with E-state index in [1.165, 1.54) is 44.9 Å². The highest BCUT2D eigenvalue weighted by atomic mass is 32.2. The molecule has 27 heavy (non-hydrogen) atoms. The van der Waals surface area contributed by atoms with Crippen LogP contribution in [0.3, 0.4) is 0 Å². The van der Waals surface area contributed by atoms with E-state index < -0.39 is 15.4 Å². The minimum atomic E-state index is -3.93. The van der Waals surface area contributed by atoms with Gasteiger partial charge in [0.15, 0.2) is 0 Å². The molecule has 4 nitrogen and oxygen atoms in total. The number of aliphatic hydroxyl groups is 1. The lowest BCUT2D eigenvalue weighted by molar-refractivity contribution is 0.147. The fourth-order valence-electron chi connectivity index (χ4n) is 3.65. The number of hydrogen-bond acceptors (Lipinski definition) is 3. The summed E-state index contributed by atoms with van der Waals surface area (Å²) < 4.78 is 32.6. The van der Waals surface area contributed by atoms with Crippen LogP contribution in [-0.2, 0) is 10.1 Å². The Balaban J connectivity index is 3.78. The zero-order chi connectivity index (χ0) is 20.4. The molecule has 0 rings (SSSR count). The van der Waals surface area contributed by atoms with E-state index in [-0.39, 0.29) is 6.10 Å². The summed E-state index contributed by atoms with van der Waals surface area (Å²) in [5.41, 5.74) is 0. The molecule has 0 saturated carbocycles. The van der Waals surface area contributed by atoms with Crippen LogP contribution in [-0.4, -0.2) is 29.4 Å². The molecule has 2 atom stereocenters. The lowest BCUT2D eigenvalue weighted by atomic mass is 10.0. The molecule has 0 aliphatic rings. The average molecular weight is 407 g/mol. The lowest BCUT2D eigenvalue weighted by Crippen LogP contribution is -2.20. The molecule has 0 amide bonds. The van der Waals surface area contributed by atoms with Crippen molar-refractivity contribution < 1.29 is 18.1 Å². The SMILES string of the molecule is CCCCCCCCC(CCCCCC(O)CCCCCCC)S(=O)(=O)O. The van der Waals surface area contributed by atoms with E-state index in [4.69, 9.17) is 0 Å². The first kappa shape index (κ1) is 26.9. The van der Waals surface area contributed by atoms with Gasteiger partial charge in [-0.25, -0.2) is 0 Å². The van der Waals surface area contributed by atoms with Gasteiger partial charge in [-0.2, -0.15) is 8.42 Å². The van der Waals surface area contributed by atoms with Crippen molar-refractivity contribution in [2.75, 3.05) is 0 Å². The summed E-state index contributed by atoms with van der Waals surface area (Å²) >= 11 is 0. The van der Waals surface area contributed by atoms with Gasteiger partial charge >= 0.3 is 0 Å². The van der Waals surface area contributed by atoms with Gasteiger partial charge < -0.3 is 5.11 Å². The fourth-order valence-corrected chi connectivity index (χ4v) is 4.58. The summed E-state index contributed by atoms with van der Waals surface area (Å²) in [6.45, 7) is 4.38. The fraction of sp³-hybridized carbons (Fsp3) is 1.00. The number of hydrogen-bond donors (Lipinski definition) is 2. The maximum Gasteiger partial charge on any atom is 0.267 e. The molecule has 0 bridgehead atoms. The molecule has 0 spiro atoms. The van der Waals surface area contributed by atoms with Crippen LogP contribution in [0, 0.1) is 0 Å². The van der Waals surface area contributed by atoms with Crippen LogP contribution in [0.2, 0.25) is 0 Å². The third-order valence-electron chi connectivity index (χ3n) is 5.51. The van der Waals surface area contributed by atoms with Crippen molar-refractivity contribution in [2.24, 2.45) is 0 Å². The molecule has 5 heteroatoms. The van der Waals surface area contributed by atoms with E-state index in [1.807, 2.05) is 0 Å². The molecule has 0 aliphatic heterocycles. The highest BCUT2D eigenvalue weighted by Gasteiger charge is 2.21. The Morgan fingerprint density at radius 1 is 0.593 bits per heavy atom. The van der Waals surface area contributed by atoms with Gasteiger partial charge in [-0.3, -0.25) is 4.55 Å². The molecule has 0 aromatic carbocycles. The molecule has 0 aliphatic carbocycles. The largest absolute Gasteiger partial charge is 0.393 e. The van der Waals surface area contributed by atoms with Gasteiger partial charge in [0, 0.05) is 0 Å². The summed E-state index contributed by atoms with van der Waals surface area (Å²) in [4.78, 5) is 0. The van der Waals surface area contributed by atoms with E-state index in [9.17, 15) is 18.1 Å². The molecular weight excluding hydrogens is 360 g/mol.